The minimum absolute atomic E-state index is 0.202. The fraction of sp³-hybridized carbons (Fsp3) is 0.0769. The summed E-state index contributed by atoms with van der Waals surface area (Å²) in [6.07, 6.45) is 2.10. The number of aryl methyl sites for hydroxylation is 1. The molecule has 0 spiro atoms. The van der Waals surface area contributed by atoms with E-state index in [1.807, 2.05) is 23.7 Å². The van der Waals surface area contributed by atoms with Gasteiger partial charge in [0.05, 0.1) is 17.5 Å². The van der Waals surface area contributed by atoms with Crippen molar-refractivity contribution in [3.63, 3.8) is 0 Å². The number of aldehydes is 1. The first kappa shape index (κ1) is 10.6. The number of benzene rings is 1. The van der Waals surface area contributed by atoms with Gasteiger partial charge in [-0.05, 0) is 24.3 Å². The Morgan fingerprint density at radius 2 is 2.22 bits per heavy atom. The summed E-state index contributed by atoms with van der Waals surface area (Å²) >= 11 is 0. The number of phenolic OH excluding ortho intramolecular Hbond substituents is 1. The molecule has 18 heavy (non-hydrogen) atoms. The summed E-state index contributed by atoms with van der Waals surface area (Å²) < 4.78 is 7.01. The fourth-order valence-corrected chi connectivity index (χ4v) is 2.08. The largest absolute Gasteiger partial charge is 0.508 e. The lowest BCUT2D eigenvalue weighted by atomic mass is 10.2. The predicted octanol–water partition coefficient (Wildman–Crippen LogP) is 2.35. The second-order valence-electron chi connectivity index (χ2n) is 4.06. The van der Waals surface area contributed by atoms with Crippen molar-refractivity contribution in [3.8, 4) is 17.2 Å². The van der Waals surface area contributed by atoms with E-state index >= 15 is 0 Å². The van der Waals surface area contributed by atoms with Crippen LogP contribution in [-0.2, 0) is 7.05 Å². The number of phenols is 1. The predicted molar refractivity (Wildman–Crippen MR) is 65.5 cm³/mol. The van der Waals surface area contributed by atoms with Gasteiger partial charge in [0, 0.05) is 18.0 Å². The normalized spacial score (nSPS) is 10.9. The van der Waals surface area contributed by atoms with Gasteiger partial charge in [-0.2, -0.15) is 0 Å². The molecular formula is C13H10N2O3. The van der Waals surface area contributed by atoms with Crippen LogP contribution >= 0.6 is 0 Å². The molecule has 0 fully saturated rings. The van der Waals surface area contributed by atoms with E-state index in [1.54, 1.807) is 12.1 Å². The lowest BCUT2D eigenvalue weighted by Crippen LogP contribution is -1.92. The molecule has 5 heteroatoms. The first-order valence-corrected chi connectivity index (χ1v) is 5.39. The van der Waals surface area contributed by atoms with Gasteiger partial charge in [0.2, 0.25) is 0 Å². The van der Waals surface area contributed by atoms with Crippen LogP contribution in [0.1, 0.15) is 10.4 Å². The monoisotopic (exact) mass is 242 g/mol. The lowest BCUT2D eigenvalue weighted by Gasteiger charge is -2.00. The molecule has 2 heterocycles. The topological polar surface area (TPSA) is 68.3 Å². The maximum Gasteiger partial charge on any atom is 0.193 e. The van der Waals surface area contributed by atoms with E-state index in [2.05, 4.69) is 5.16 Å². The van der Waals surface area contributed by atoms with Crippen LogP contribution in [0.15, 0.2) is 35.0 Å². The third-order valence-electron chi connectivity index (χ3n) is 2.98. The Morgan fingerprint density at radius 1 is 1.39 bits per heavy atom. The molecular weight excluding hydrogens is 232 g/mol. The zero-order valence-corrected chi connectivity index (χ0v) is 9.62. The number of nitrogens with zero attached hydrogens (tertiary/aromatic N) is 2. The number of fused-ring (bicyclic) bond motifs is 1. The molecule has 3 rings (SSSR count). The van der Waals surface area contributed by atoms with E-state index in [4.69, 9.17) is 4.52 Å². The highest BCUT2D eigenvalue weighted by Crippen LogP contribution is 2.30. The van der Waals surface area contributed by atoms with E-state index in [-0.39, 0.29) is 5.75 Å². The van der Waals surface area contributed by atoms with Gasteiger partial charge in [-0.1, -0.05) is 5.16 Å². The highest BCUT2D eigenvalue weighted by atomic mass is 16.5. The summed E-state index contributed by atoms with van der Waals surface area (Å²) in [6, 6.07) is 6.94. The molecule has 0 aliphatic heterocycles. The van der Waals surface area contributed by atoms with Gasteiger partial charge in [-0.3, -0.25) is 4.79 Å². The summed E-state index contributed by atoms with van der Waals surface area (Å²) in [6.45, 7) is 0. The highest BCUT2D eigenvalue weighted by molar-refractivity contribution is 5.91. The molecule has 5 nitrogen and oxygen atoms in total. The van der Waals surface area contributed by atoms with E-state index in [0.29, 0.717) is 17.6 Å². The maximum atomic E-state index is 10.9. The third-order valence-corrected chi connectivity index (χ3v) is 2.98. The lowest BCUT2D eigenvalue weighted by molar-refractivity contribution is 0.112. The molecule has 0 aliphatic rings. The summed E-state index contributed by atoms with van der Waals surface area (Å²) in [5, 5.41) is 14.0. The number of hydrogen-bond acceptors (Lipinski definition) is 4. The van der Waals surface area contributed by atoms with Crippen molar-refractivity contribution in [2.75, 3.05) is 0 Å². The van der Waals surface area contributed by atoms with Crippen molar-refractivity contribution in [3.05, 3.63) is 36.0 Å². The summed E-state index contributed by atoms with van der Waals surface area (Å²) in [5.41, 5.74) is 2.09. The van der Waals surface area contributed by atoms with Crippen LogP contribution in [0.4, 0.5) is 0 Å². The van der Waals surface area contributed by atoms with Crippen LogP contribution in [0.5, 0.6) is 5.75 Å². The number of hydrogen-bond donors (Lipinski definition) is 1. The molecule has 0 amide bonds. The molecule has 0 saturated carbocycles. The van der Waals surface area contributed by atoms with E-state index in [9.17, 15) is 9.90 Å². The Labute approximate surface area is 102 Å². The van der Waals surface area contributed by atoms with Crippen LogP contribution in [0.2, 0.25) is 0 Å². The number of aromatic hydroxyl groups is 1. The molecule has 3 aromatic rings. The Kier molecular flexibility index (Phi) is 2.19. The first-order chi connectivity index (χ1) is 8.70. The second-order valence-corrected chi connectivity index (χ2v) is 4.06. The van der Waals surface area contributed by atoms with Crippen molar-refractivity contribution in [2.45, 2.75) is 0 Å². The van der Waals surface area contributed by atoms with E-state index in [0.717, 1.165) is 16.6 Å². The Morgan fingerprint density at radius 3 is 3.00 bits per heavy atom. The van der Waals surface area contributed by atoms with Gasteiger partial charge < -0.3 is 14.2 Å². The van der Waals surface area contributed by atoms with Crippen molar-refractivity contribution < 1.29 is 14.4 Å². The second kappa shape index (κ2) is 3.73. The maximum absolute atomic E-state index is 10.9. The number of carbonyl (C=O) groups is 1. The van der Waals surface area contributed by atoms with Gasteiger partial charge in [0.25, 0.3) is 0 Å². The average Bonchev–Trinajstić information content (AvgIpc) is 2.93. The van der Waals surface area contributed by atoms with E-state index < -0.39 is 0 Å². The molecule has 0 unspecified atom stereocenters. The summed E-state index contributed by atoms with van der Waals surface area (Å²) in [5.74, 6) is 0.635. The van der Waals surface area contributed by atoms with Crippen LogP contribution in [0.25, 0.3) is 22.4 Å². The number of carbonyl (C=O) groups excluding carboxylic acids is 1. The van der Waals surface area contributed by atoms with Gasteiger partial charge in [0.1, 0.15) is 5.75 Å². The molecule has 0 bridgehead atoms. The Bertz CT molecular complexity index is 740. The molecule has 0 atom stereocenters. The van der Waals surface area contributed by atoms with Crippen LogP contribution < -0.4 is 0 Å². The molecule has 90 valence electrons. The molecule has 0 saturated heterocycles. The van der Waals surface area contributed by atoms with Crippen LogP contribution in [-0.4, -0.2) is 21.1 Å². The average molecular weight is 242 g/mol. The summed E-state index contributed by atoms with van der Waals surface area (Å²) in [4.78, 5) is 10.9. The van der Waals surface area contributed by atoms with E-state index in [1.165, 1.54) is 6.20 Å². The molecule has 1 aromatic carbocycles. The van der Waals surface area contributed by atoms with Gasteiger partial charge in [-0.15, -0.1) is 0 Å². The van der Waals surface area contributed by atoms with Crippen molar-refractivity contribution in [1.82, 2.24) is 9.72 Å². The third kappa shape index (κ3) is 1.41. The highest BCUT2D eigenvalue weighted by Gasteiger charge is 2.15. The zero-order chi connectivity index (χ0) is 12.7. The van der Waals surface area contributed by atoms with Crippen molar-refractivity contribution in [2.24, 2.45) is 7.05 Å². The quantitative estimate of drug-likeness (QED) is 0.700. The van der Waals surface area contributed by atoms with Crippen molar-refractivity contribution >= 4 is 17.2 Å². The summed E-state index contributed by atoms with van der Waals surface area (Å²) in [7, 11) is 1.87. The van der Waals surface area contributed by atoms with Gasteiger partial charge >= 0.3 is 0 Å². The molecule has 2 aromatic heterocycles. The number of aromatic nitrogens is 2. The number of rotatable bonds is 2. The first-order valence-electron chi connectivity index (χ1n) is 5.39. The Balaban J connectivity index is 2.30. The SMILES string of the molecule is Cn1c(-c2oncc2C=O)cc2cc(O)ccc21. The van der Waals surface area contributed by atoms with Gasteiger partial charge in [-0.25, -0.2) is 0 Å². The smallest absolute Gasteiger partial charge is 0.193 e. The molecule has 0 radical (unpaired) electrons. The van der Waals surface area contributed by atoms with Crippen LogP contribution in [0.3, 0.4) is 0 Å². The fourth-order valence-electron chi connectivity index (χ4n) is 2.08. The Hall–Kier alpha value is -2.56. The minimum Gasteiger partial charge on any atom is -0.508 e. The standard InChI is InChI=1S/C13H10N2O3/c1-15-11-3-2-10(17)4-8(11)5-12(15)13-9(7-16)6-14-18-13/h2-7,17H,1H3. The van der Waals surface area contributed by atoms with Crippen molar-refractivity contribution in [1.29, 1.82) is 0 Å². The minimum atomic E-state index is 0.202. The zero-order valence-electron chi connectivity index (χ0n) is 9.62. The van der Waals surface area contributed by atoms with Gasteiger partial charge in [0.15, 0.2) is 12.0 Å². The van der Waals surface area contributed by atoms with Crippen LogP contribution in [0, 0.1) is 0 Å². The molecule has 0 aliphatic carbocycles. The molecule has 1 N–H and O–H groups in total.